The SMILES string of the molecule is Cc1c(C2CCCC2)ccc(OC2CCCC2)c1F. The van der Waals surface area contributed by atoms with Crippen molar-refractivity contribution < 1.29 is 9.13 Å². The Bertz CT molecular complexity index is 443. The Kier molecular flexibility index (Phi) is 3.76. The third-order valence-corrected chi connectivity index (χ3v) is 4.78. The summed E-state index contributed by atoms with van der Waals surface area (Å²) in [7, 11) is 0. The highest BCUT2D eigenvalue weighted by atomic mass is 19.1. The summed E-state index contributed by atoms with van der Waals surface area (Å²) in [6.45, 7) is 1.91. The van der Waals surface area contributed by atoms with Gasteiger partial charge < -0.3 is 4.74 Å². The molecule has 0 aliphatic heterocycles. The van der Waals surface area contributed by atoms with E-state index in [-0.39, 0.29) is 11.9 Å². The molecule has 19 heavy (non-hydrogen) atoms. The maximum atomic E-state index is 14.4. The van der Waals surface area contributed by atoms with Crippen LogP contribution in [0.2, 0.25) is 0 Å². The first kappa shape index (κ1) is 13.0. The van der Waals surface area contributed by atoms with E-state index in [9.17, 15) is 4.39 Å². The van der Waals surface area contributed by atoms with E-state index in [1.807, 2.05) is 13.0 Å². The van der Waals surface area contributed by atoms with E-state index in [4.69, 9.17) is 4.74 Å². The fraction of sp³-hybridized carbons (Fsp3) is 0.647. The molecule has 0 unspecified atom stereocenters. The highest BCUT2D eigenvalue weighted by Gasteiger charge is 2.23. The van der Waals surface area contributed by atoms with Crippen LogP contribution in [0.4, 0.5) is 4.39 Å². The van der Waals surface area contributed by atoms with Crippen LogP contribution in [-0.2, 0) is 0 Å². The van der Waals surface area contributed by atoms with E-state index in [0.29, 0.717) is 11.7 Å². The smallest absolute Gasteiger partial charge is 0.168 e. The second-order valence-corrected chi connectivity index (χ2v) is 6.10. The van der Waals surface area contributed by atoms with Gasteiger partial charge in [0.2, 0.25) is 0 Å². The molecule has 0 amide bonds. The molecule has 0 heterocycles. The maximum Gasteiger partial charge on any atom is 0.168 e. The Morgan fingerprint density at radius 3 is 2.32 bits per heavy atom. The van der Waals surface area contributed by atoms with Gasteiger partial charge in [-0.15, -0.1) is 0 Å². The lowest BCUT2D eigenvalue weighted by Gasteiger charge is -2.18. The predicted molar refractivity (Wildman–Crippen MR) is 75.2 cm³/mol. The highest BCUT2D eigenvalue weighted by molar-refractivity contribution is 5.39. The summed E-state index contributed by atoms with van der Waals surface area (Å²) in [4.78, 5) is 0. The molecule has 0 bridgehead atoms. The molecule has 2 aliphatic rings. The summed E-state index contributed by atoms with van der Waals surface area (Å²) < 4.78 is 20.3. The molecule has 2 aliphatic carbocycles. The van der Waals surface area contributed by atoms with Crippen molar-refractivity contribution >= 4 is 0 Å². The Hall–Kier alpha value is -1.05. The second kappa shape index (κ2) is 5.52. The van der Waals surface area contributed by atoms with Gasteiger partial charge in [0.05, 0.1) is 6.10 Å². The molecule has 3 rings (SSSR count). The molecule has 1 aromatic carbocycles. The zero-order chi connectivity index (χ0) is 13.2. The molecule has 0 N–H and O–H groups in total. The van der Waals surface area contributed by atoms with Gasteiger partial charge in [-0.2, -0.15) is 0 Å². The molecule has 1 nitrogen and oxygen atoms in total. The molecule has 0 spiro atoms. The third-order valence-electron chi connectivity index (χ3n) is 4.78. The Morgan fingerprint density at radius 1 is 1.00 bits per heavy atom. The first-order chi connectivity index (χ1) is 9.25. The van der Waals surface area contributed by atoms with Crippen LogP contribution in [0, 0.1) is 12.7 Å². The molecular weight excluding hydrogens is 239 g/mol. The Labute approximate surface area is 115 Å². The number of halogens is 1. The number of ether oxygens (including phenoxy) is 1. The summed E-state index contributed by atoms with van der Waals surface area (Å²) in [6, 6.07) is 3.95. The van der Waals surface area contributed by atoms with Crippen LogP contribution >= 0.6 is 0 Å². The lowest BCUT2D eigenvalue weighted by molar-refractivity contribution is 0.200. The fourth-order valence-electron chi connectivity index (χ4n) is 3.63. The van der Waals surface area contributed by atoms with Crippen molar-refractivity contribution in [3.05, 3.63) is 29.1 Å². The van der Waals surface area contributed by atoms with Crippen molar-refractivity contribution in [3.63, 3.8) is 0 Å². The first-order valence-electron chi connectivity index (χ1n) is 7.71. The fourth-order valence-corrected chi connectivity index (χ4v) is 3.63. The molecule has 1 aromatic rings. The maximum absolute atomic E-state index is 14.4. The average molecular weight is 262 g/mol. The van der Waals surface area contributed by atoms with Crippen LogP contribution in [0.1, 0.15) is 68.4 Å². The van der Waals surface area contributed by atoms with Crippen molar-refractivity contribution in [1.82, 2.24) is 0 Å². The molecule has 0 atom stereocenters. The topological polar surface area (TPSA) is 9.23 Å². The molecule has 0 saturated heterocycles. The molecule has 2 saturated carbocycles. The van der Waals surface area contributed by atoms with Crippen LogP contribution in [0.15, 0.2) is 12.1 Å². The molecule has 0 aromatic heterocycles. The lowest BCUT2D eigenvalue weighted by Crippen LogP contribution is -2.13. The van der Waals surface area contributed by atoms with Crippen LogP contribution in [0.3, 0.4) is 0 Å². The Morgan fingerprint density at radius 2 is 1.63 bits per heavy atom. The van der Waals surface area contributed by atoms with Crippen LogP contribution in [0.25, 0.3) is 0 Å². The molecule has 104 valence electrons. The van der Waals surface area contributed by atoms with E-state index >= 15 is 0 Å². The van der Waals surface area contributed by atoms with Crippen LogP contribution < -0.4 is 4.74 Å². The second-order valence-electron chi connectivity index (χ2n) is 6.10. The third kappa shape index (κ3) is 2.63. The first-order valence-corrected chi connectivity index (χ1v) is 7.71. The van der Waals surface area contributed by atoms with Gasteiger partial charge in [0.15, 0.2) is 11.6 Å². The van der Waals surface area contributed by atoms with Gasteiger partial charge in [-0.3, -0.25) is 0 Å². The van der Waals surface area contributed by atoms with Gasteiger partial charge in [-0.05, 0) is 68.6 Å². The number of hydrogen-bond acceptors (Lipinski definition) is 1. The monoisotopic (exact) mass is 262 g/mol. The quantitative estimate of drug-likeness (QED) is 0.735. The largest absolute Gasteiger partial charge is 0.487 e. The van der Waals surface area contributed by atoms with Crippen LogP contribution in [0.5, 0.6) is 5.75 Å². The zero-order valence-electron chi connectivity index (χ0n) is 11.8. The number of hydrogen-bond donors (Lipinski definition) is 0. The minimum absolute atomic E-state index is 0.128. The van der Waals surface area contributed by atoms with E-state index < -0.39 is 0 Å². The van der Waals surface area contributed by atoms with Gasteiger partial charge in [-0.25, -0.2) is 4.39 Å². The van der Waals surface area contributed by atoms with E-state index in [2.05, 4.69) is 6.07 Å². The van der Waals surface area contributed by atoms with Gasteiger partial charge in [0, 0.05) is 0 Å². The van der Waals surface area contributed by atoms with Gasteiger partial charge in [-0.1, -0.05) is 18.9 Å². The normalized spacial score (nSPS) is 21.2. The van der Waals surface area contributed by atoms with E-state index in [1.165, 1.54) is 44.1 Å². The zero-order valence-corrected chi connectivity index (χ0v) is 11.8. The van der Waals surface area contributed by atoms with Gasteiger partial charge >= 0.3 is 0 Å². The van der Waals surface area contributed by atoms with Crippen molar-refractivity contribution in [2.24, 2.45) is 0 Å². The Balaban J connectivity index is 1.80. The molecule has 2 fully saturated rings. The average Bonchev–Trinajstić information content (AvgIpc) is 3.08. The predicted octanol–water partition coefficient (Wildman–Crippen LogP) is 5.11. The molecule has 2 heteroatoms. The van der Waals surface area contributed by atoms with Crippen molar-refractivity contribution in [2.45, 2.75) is 70.3 Å². The molecular formula is C17H23FO. The van der Waals surface area contributed by atoms with E-state index in [1.54, 1.807) is 0 Å². The summed E-state index contributed by atoms with van der Waals surface area (Å²) in [5.41, 5.74) is 2.01. The van der Waals surface area contributed by atoms with Crippen molar-refractivity contribution in [1.29, 1.82) is 0 Å². The summed E-state index contributed by atoms with van der Waals surface area (Å²) in [5.74, 6) is 0.900. The standard InChI is InChI=1S/C17H23FO/c1-12-15(13-6-2-3-7-13)10-11-16(17(12)18)19-14-8-4-5-9-14/h10-11,13-14H,2-9H2,1H3. The van der Waals surface area contributed by atoms with Crippen LogP contribution in [-0.4, -0.2) is 6.10 Å². The highest BCUT2D eigenvalue weighted by Crippen LogP contribution is 2.38. The number of benzene rings is 1. The summed E-state index contributed by atoms with van der Waals surface area (Å²) in [5, 5.41) is 0. The van der Waals surface area contributed by atoms with Crippen molar-refractivity contribution in [2.75, 3.05) is 0 Å². The summed E-state index contributed by atoms with van der Waals surface area (Å²) >= 11 is 0. The lowest BCUT2D eigenvalue weighted by atomic mass is 9.93. The van der Waals surface area contributed by atoms with E-state index in [0.717, 1.165) is 18.4 Å². The minimum atomic E-state index is -0.128. The van der Waals surface area contributed by atoms with Gasteiger partial charge in [0.25, 0.3) is 0 Å². The number of rotatable bonds is 3. The van der Waals surface area contributed by atoms with Gasteiger partial charge in [0.1, 0.15) is 0 Å². The van der Waals surface area contributed by atoms with Crippen molar-refractivity contribution in [3.8, 4) is 5.75 Å². The summed E-state index contributed by atoms with van der Waals surface area (Å²) in [6.07, 6.45) is 9.79. The minimum Gasteiger partial charge on any atom is -0.487 e. The molecule has 0 radical (unpaired) electrons.